The molecule has 2 heteroatoms. The predicted molar refractivity (Wildman–Crippen MR) is 81.8 cm³/mol. The SMILES string of the molecule is CC(NC1CC2CCC1O2)c1ccc2ccccc2c1. The average Bonchev–Trinajstić information content (AvgIpc) is 3.09. The van der Waals surface area contributed by atoms with Crippen LogP contribution in [0.25, 0.3) is 10.8 Å². The van der Waals surface area contributed by atoms with Gasteiger partial charge in [-0.15, -0.1) is 0 Å². The fourth-order valence-electron chi connectivity index (χ4n) is 3.71. The van der Waals surface area contributed by atoms with Gasteiger partial charge in [-0.25, -0.2) is 0 Å². The van der Waals surface area contributed by atoms with Gasteiger partial charge in [0.1, 0.15) is 0 Å². The Morgan fingerprint density at radius 3 is 2.70 bits per heavy atom. The van der Waals surface area contributed by atoms with E-state index in [0.29, 0.717) is 24.3 Å². The van der Waals surface area contributed by atoms with Gasteiger partial charge in [-0.1, -0.05) is 36.4 Å². The van der Waals surface area contributed by atoms with E-state index in [1.54, 1.807) is 0 Å². The molecule has 0 radical (unpaired) electrons. The number of benzene rings is 2. The number of hydrogen-bond acceptors (Lipinski definition) is 2. The summed E-state index contributed by atoms with van der Waals surface area (Å²) in [6.07, 6.45) is 4.63. The Bertz CT molecular complexity index is 624. The van der Waals surface area contributed by atoms with E-state index in [2.05, 4.69) is 54.7 Å². The van der Waals surface area contributed by atoms with Crippen molar-refractivity contribution < 1.29 is 4.74 Å². The zero-order valence-corrected chi connectivity index (χ0v) is 11.9. The van der Waals surface area contributed by atoms with E-state index in [-0.39, 0.29) is 0 Å². The summed E-state index contributed by atoms with van der Waals surface area (Å²) in [6.45, 7) is 2.26. The second kappa shape index (κ2) is 4.87. The van der Waals surface area contributed by atoms with Crippen molar-refractivity contribution in [1.82, 2.24) is 5.32 Å². The van der Waals surface area contributed by atoms with Gasteiger partial charge >= 0.3 is 0 Å². The van der Waals surface area contributed by atoms with Crippen molar-refractivity contribution in [3.8, 4) is 0 Å². The van der Waals surface area contributed by atoms with E-state index in [0.717, 1.165) is 0 Å². The van der Waals surface area contributed by atoms with Crippen molar-refractivity contribution in [3.63, 3.8) is 0 Å². The first-order valence-electron chi connectivity index (χ1n) is 7.70. The number of nitrogens with one attached hydrogen (secondary N) is 1. The average molecular weight is 267 g/mol. The number of fused-ring (bicyclic) bond motifs is 3. The van der Waals surface area contributed by atoms with Gasteiger partial charge < -0.3 is 10.1 Å². The molecule has 2 aromatic rings. The van der Waals surface area contributed by atoms with E-state index in [9.17, 15) is 0 Å². The van der Waals surface area contributed by atoms with Crippen molar-refractivity contribution in [2.75, 3.05) is 0 Å². The van der Waals surface area contributed by atoms with Crippen LogP contribution in [0, 0.1) is 0 Å². The van der Waals surface area contributed by atoms with Crippen molar-refractivity contribution in [1.29, 1.82) is 0 Å². The molecule has 2 nitrogen and oxygen atoms in total. The molecule has 1 N–H and O–H groups in total. The normalized spacial score (nSPS) is 29.9. The Hall–Kier alpha value is -1.38. The molecule has 2 bridgehead atoms. The van der Waals surface area contributed by atoms with Gasteiger partial charge in [0.05, 0.1) is 12.2 Å². The maximum atomic E-state index is 5.93. The summed E-state index contributed by atoms with van der Waals surface area (Å²) < 4.78 is 5.93. The predicted octanol–water partition coefficient (Wildman–Crippen LogP) is 3.81. The standard InChI is InChI=1S/C18H21NO/c1-12(19-17-11-16-8-9-18(17)20-16)14-7-6-13-4-2-3-5-15(13)10-14/h2-7,10,12,16-19H,8-9,11H2,1H3. The molecule has 0 spiro atoms. The molecule has 2 heterocycles. The summed E-state index contributed by atoms with van der Waals surface area (Å²) in [4.78, 5) is 0. The summed E-state index contributed by atoms with van der Waals surface area (Å²) in [5, 5.41) is 6.40. The molecule has 104 valence electrons. The highest BCUT2D eigenvalue weighted by atomic mass is 16.5. The van der Waals surface area contributed by atoms with E-state index in [4.69, 9.17) is 4.74 Å². The van der Waals surface area contributed by atoms with Crippen LogP contribution in [0.3, 0.4) is 0 Å². The Balaban J connectivity index is 1.53. The lowest BCUT2D eigenvalue weighted by Crippen LogP contribution is -2.38. The van der Waals surface area contributed by atoms with Gasteiger partial charge in [-0.2, -0.15) is 0 Å². The maximum absolute atomic E-state index is 5.93. The van der Waals surface area contributed by atoms with E-state index in [1.807, 2.05) is 0 Å². The molecular weight excluding hydrogens is 246 g/mol. The molecule has 4 rings (SSSR count). The first kappa shape index (κ1) is 12.4. The Morgan fingerprint density at radius 1 is 1.10 bits per heavy atom. The summed E-state index contributed by atoms with van der Waals surface area (Å²) in [6, 6.07) is 16.2. The highest BCUT2D eigenvalue weighted by molar-refractivity contribution is 5.83. The summed E-state index contributed by atoms with van der Waals surface area (Å²) in [7, 11) is 0. The molecule has 0 aliphatic carbocycles. The van der Waals surface area contributed by atoms with Crippen LogP contribution in [0.1, 0.15) is 37.8 Å². The lowest BCUT2D eigenvalue weighted by atomic mass is 9.94. The number of rotatable bonds is 3. The molecule has 2 aliphatic heterocycles. The van der Waals surface area contributed by atoms with Crippen molar-refractivity contribution in [3.05, 3.63) is 48.0 Å². The minimum absolute atomic E-state index is 0.382. The molecule has 4 atom stereocenters. The molecule has 0 saturated carbocycles. The zero-order valence-electron chi connectivity index (χ0n) is 11.9. The molecule has 2 saturated heterocycles. The van der Waals surface area contributed by atoms with Crippen LogP contribution in [0.2, 0.25) is 0 Å². The van der Waals surface area contributed by atoms with E-state index < -0.39 is 0 Å². The molecule has 2 fully saturated rings. The van der Waals surface area contributed by atoms with Gasteiger partial charge in [0, 0.05) is 12.1 Å². The van der Waals surface area contributed by atoms with Crippen LogP contribution in [-0.4, -0.2) is 18.2 Å². The molecule has 4 unspecified atom stereocenters. The molecular formula is C18H21NO. The summed E-state index contributed by atoms with van der Waals surface area (Å²) in [5.74, 6) is 0. The number of ether oxygens (including phenoxy) is 1. The smallest absolute Gasteiger partial charge is 0.0733 e. The quantitative estimate of drug-likeness (QED) is 0.913. The topological polar surface area (TPSA) is 21.3 Å². The van der Waals surface area contributed by atoms with Gasteiger partial charge in [0.15, 0.2) is 0 Å². The Kier molecular flexibility index (Phi) is 3.01. The summed E-state index contributed by atoms with van der Waals surface area (Å²) >= 11 is 0. The van der Waals surface area contributed by atoms with Gasteiger partial charge in [0.25, 0.3) is 0 Å². The van der Waals surface area contributed by atoms with E-state index in [1.165, 1.54) is 35.6 Å². The minimum atomic E-state index is 0.382. The van der Waals surface area contributed by atoms with Gasteiger partial charge in [-0.05, 0) is 48.6 Å². The zero-order chi connectivity index (χ0) is 13.5. The molecule has 2 aliphatic rings. The van der Waals surface area contributed by atoms with Gasteiger partial charge in [0.2, 0.25) is 0 Å². The van der Waals surface area contributed by atoms with Crippen LogP contribution in [-0.2, 0) is 4.74 Å². The molecule has 0 amide bonds. The third-order valence-electron chi connectivity index (χ3n) is 4.84. The third kappa shape index (κ3) is 2.13. The highest BCUT2D eigenvalue weighted by Gasteiger charge is 2.40. The summed E-state index contributed by atoms with van der Waals surface area (Å²) in [5.41, 5.74) is 1.37. The third-order valence-corrected chi connectivity index (χ3v) is 4.84. The lowest BCUT2D eigenvalue weighted by molar-refractivity contribution is 0.0962. The largest absolute Gasteiger partial charge is 0.373 e. The van der Waals surface area contributed by atoms with Gasteiger partial charge in [-0.3, -0.25) is 0 Å². The minimum Gasteiger partial charge on any atom is -0.373 e. The first-order valence-corrected chi connectivity index (χ1v) is 7.70. The van der Waals surface area contributed by atoms with Crippen molar-refractivity contribution in [2.24, 2.45) is 0 Å². The fraction of sp³-hybridized carbons (Fsp3) is 0.444. The molecule has 2 aromatic carbocycles. The molecule has 20 heavy (non-hydrogen) atoms. The van der Waals surface area contributed by atoms with Crippen molar-refractivity contribution >= 4 is 10.8 Å². The lowest BCUT2D eigenvalue weighted by Gasteiger charge is -2.25. The van der Waals surface area contributed by atoms with Crippen LogP contribution < -0.4 is 5.32 Å². The Morgan fingerprint density at radius 2 is 1.95 bits per heavy atom. The van der Waals surface area contributed by atoms with Crippen LogP contribution in [0.15, 0.2) is 42.5 Å². The van der Waals surface area contributed by atoms with Crippen molar-refractivity contribution in [2.45, 2.75) is 50.5 Å². The maximum Gasteiger partial charge on any atom is 0.0733 e. The highest BCUT2D eigenvalue weighted by Crippen LogP contribution is 2.35. The van der Waals surface area contributed by atoms with Crippen LogP contribution >= 0.6 is 0 Å². The number of hydrogen-bond donors (Lipinski definition) is 1. The molecule has 0 aromatic heterocycles. The van der Waals surface area contributed by atoms with E-state index >= 15 is 0 Å². The van der Waals surface area contributed by atoms with Crippen LogP contribution in [0.5, 0.6) is 0 Å². The second-order valence-electron chi connectivity index (χ2n) is 6.21. The fourth-order valence-corrected chi connectivity index (χ4v) is 3.71. The monoisotopic (exact) mass is 267 g/mol. The second-order valence-corrected chi connectivity index (χ2v) is 6.21. The first-order chi connectivity index (χ1) is 9.79. The van der Waals surface area contributed by atoms with Crippen LogP contribution in [0.4, 0.5) is 0 Å². The Labute approximate surface area is 120 Å².